The second-order valence-corrected chi connectivity index (χ2v) is 7.18. The quantitative estimate of drug-likeness (QED) is 0.829. The number of benzene rings is 1. The summed E-state index contributed by atoms with van der Waals surface area (Å²) in [4.78, 5) is 9.28. The van der Waals surface area contributed by atoms with E-state index in [4.69, 9.17) is 4.74 Å². The fourth-order valence-electron chi connectivity index (χ4n) is 3.80. The van der Waals surface area contributed by atoms with Crippen molar-refractivity contribution in [3.8, 4) is 0 Å². The number of pyridine rings is 1. The normalized spacial score (nSPS) is 19.3. The average Bonchev–Trinajstić information content (AvgIpc) is 2.70. The van der Waals surface area contributed by atoms with Gasteiger partial charge in [0, 0.05) is 51.7 Å². The Labute approximate surface area is 156 Å². The zero-order valence-corrected chi connectivity index (χ0v) is 15.3. The van der Waals surface area contributed by atoms with E-state index < -0.39 is 0 Å². The third kappa shape index (κ3) is 4.58. The standard InChI is InChI=1S/C22H27N3O/c1-4-19(16-24-10-12-26-13-11-24)14-20(5-1)17-25-9-3-7-22(18-25)21-6-2-8-23-15-21/h1-2,4-8,14-15H,3,9-13,16-18H2. The van der Waals surface area contributed by atoms with Crippen LogP contribution < -0.4 is 0 Å². The maximum Gasteiger partial charge on any atom is 0.0594 e. The van der Waals surface area contributed by atoms with E-state index in [1.807, 2.05) is 18.5 Å². The van der Waals surface area contributed by atoms with Crippen LogP contribution in [-0.4, -0.2) is 54.2 Å². The number of ether oxygens (including phenoxy) is 1. The maximum atomic E-state index is 5.45. The van der Waals surface area contributed by atoms with Gasteiger partial charge in [-0.2, -0.15) is 0 Å². The predicted molar refractivity (Wildman–Crippen MR) is 105 cm³/mol. The summed E-state index contributed by atoms with van der Waals surface area (Å²) < 4.78 is 5.45. The second kappa shape index (κ2) is 8.58. The lowest BCUT2D eigenvalue weighted by Gasteiger charge is -2.28. The molecule has 136 valence electrons. The lowest BCUT2D eigenvalue weighted by Crippen LogP contribution is -2.35. The van der Waals surface area contributed by atoms with Crippen LogP contribution in [0.2, 0.25) is 0 Å². The summed E-state index contributed by atoms with van der Waals surface area (Å²) in [6.45, 7) is 7.95. The van der Waals surface area contributed by atoms with Crippen LogP contribution in [0.1, 0.15) is 23.1 Å². The Morgan fingerprint density at radius 1 is 0.923 bits per heavy atom. The Bertz CT molecular complexity index is 738. The summed E-state index contributed by atoms with van der Waals surface area (Å²) in [5.41, 5.74) is 5.46. The molecule has 2 aromatic rings. The first kappa shape index (κ1) is 17.4. The van der Waals surface area contributed by atoms with E-state index in [9.17, 15) is 0 Å². The fourth-order valence-corrected chi connectivity index (χ4v) is 3.80. The Hall–Kier alpha value is -2.01. The molecule has 0 saturated carbocycles. The van der Waals surface area contributed by atoms with Crippen LogP contribution in [0.3, 0.4) is 0 Å². The topological polar surface area (TPSA) is 28.6 Å². The lowest BCUT2D eigenvalue weighted by atomic mass is 10.0. The van der Waals surface area contributed by atoms with Crippen molar-refractivity contribution >= 4 is 5.57 Å². The van der Waals surface area contributed by atoms with Gasteiger partial charge in [0.15, 0.2) is 0 Å². The Kier molecular flexibility index (Phi) is 5.75. The fraction of sp³-hybridized carbons (Fsp3) is 0.409. The molecule has 0 spiro atoms. The van der Waals surface area contributed by atoms with Gasteiger partial charge >= 0.3 is 0 Å². The van der Waals surface area contributed by atoms with Crippen molar-refractivity contribution < 1.29 is 4.74 Å². The molecule has 0 unspecified atom stereocenters. The second-order valence-electron chi connectivity index (χ2n) is 7.18. The lowest BCUT2D eigenvalue weighted by molar-refractivity contribution is 0.0342. The van der Waals surface area contributed by atoms with Gasteiger partial charge in [0.2, 0.25) is 0 Å². The molecule has 1 aromatic heterocycles. The summed E-state index contributed by atoms with van der Waals surface area (Å²) in [5, 5.41) is 0. The first-order valence-corrected chi connectivity index (χ1v) is 9.56. The summed E-state index contributed by atoms with van der Waals surface area (Å²) in [5.74, 6) is 0. The number of rotatable bonds is 5. The van der Waals surface area contributed by atoms with Gasteiger partial charge in [0.05, 0.1) is 13.2 Å². The molecule has 0 bridgehead atoms. The first-order chi connectivity index (χ1) is 12.9. The van der Waals surface area contributed by atoms with Crippen molar-refractivity contribution in [2.75, 3.05) is 39.4 Å². The largest absolute Gasteiger partial charge is 0.379 e. The number of hydrogen-bond acceptors (Lipinski definition) is 4. The Balaban J connectivity index is 1.38. The van der Waals surface area contributed by atoms with Crippen LogP contribution in [-0.2, 0) is 17.8 Å². The van der Waals surface area contributed by atoms with Gasteiger partial charge in [0.25, 0.3) is 0 Å². The molecule has 4 rings (SSSR count). The molecule has 0 aliphatic carbocycles. The van der Waals surface area contributed by atoms with Crippen LogP contribution in [0, 0.1) is 0 Å². The van der Waals surface area contributed by atoms with Crippen molar-refractivity contribution in [2.45, 2.75) is 19.5 Å². The van der Waals surface area contributed by atoms with Crippen LogP contribution in [0.25, 0.3) is 5.57 Å². The first-order valence-electron chi connectivity index (χ1n) is 9.56. The number of hydrogen-bond donors (Lipinski definition) is 0. The highest BCUT2D eigenvalue weighted by atomic mass is 16.5. The summed E-state index contributed by atoms with van der Waals surface area (Å²) in [7, 11) is 0. The van der Waals surface area contributed by atoms with Crippen molar-refractivity contribution in [3.63, 3.8) is 0 Å². The minimum Gasteiger partial charge on any atom is -0.379 e. The van der Waals surface area contributed by atoms with E-state index in [1.165, 1.54) is 22.3 Å². The molecule has 2 aliphatic rings. The molecule has 0 N–H and O–H groups in total. The molecular weight excluding hydrogens is 322 g/mol. The van der Waals surface area contributed by atoms with Gasteiger partial charge in [-0.1, -0.05) is 36.4 Å². The number of morpholine rings is 1. The molecular formula is C22H27N3O. The Morgan fingerprint density at radius 2 is 1.73 bits per heavy atom. The summed E-state index contributed by atoms with van der Waals surface area (Å²) in [6.07, 6.45) is 7.28. The third-order valence-corrected chi connectivity index (χ3v) is 5.17. The molecule has 4 heteroatoms. The highest BCUT2D eigenvalue weighted by molar-refractivity contribution is 5.66. The van der Waals surface area contributed by atoms with Crippen LogP contribution in [0.4, 0.5) is 0 Å². The molecule has 3 heterocycles. The highest BCUT2D eigenvalue weighted by Gasteiger charge is 2.15. The van der Waals surface area contributed by atoms with Crippen molar-refractivity contribution in [1.82, 2.24) is 14.8 Å². The Morgan fingerprint density at radius 3 is 2.50 bits per heavy atom. The van der Waals surface area contributed by atoms with Crippen molar-refractivity contribution in [1.29, 1.82) is 0 Å². The molecule has 26 heavy (non-hydrogen) atoms. The zero-order chi connectivity index (χ0) is 17.6. The SMILES string of the molecule is C1=C(c2cccnc2)CN(Cc2cccc(CN3CCOCC3)c2)CC1. The van der Waals surface area contributed by atoms with E-state index in [0.29, 0.717) is 0 Å². The van der Waals surface area contributed by atoms with E-state index >= 15 is 0 Å². The monoisotopic (exact) mass is 349 g/mol. The zero-order valence-electron chi connectivity index (χ0n) is 15.3. The summed E-state index contributed by atoms with van der Waals surface area (Å²) in [6, 6.07) is 13.3. The van der Waals surface area contributed by atoms with Gasteiger partial charge in [-0.25, -0.2) is 0 Å². The van der Waals surface area contributed by atoms with E-state index in [1.54, 1.807) is 0 Å². The molecule has 1 fully saturated rings. The van der Waals surface area contributed by atoms with Crippen LogP contribution in [0.15, 0.2) is 54.9 Å². The van der Waals surface area contributed by atoms with Crippen molar-refractivity contribution in [3.05, 3.63) is 71.6 Å². The highest BCUT2D eigenvalue weighted by Crippen LogP contribution is 2.21. The number of aromatic nitrogens is 1. The average molecular weight is 349 g/mol. The number of nitrogens with zero attached hydrogens (tertiary/aromatic N) is 3. The van der Waals surface area contributed by atoms with Gasteiger partial charge in [0.1, 0.15) is 0 Å². The van der Waals surface area contributed by atoms with Gasteiger partial charge in [-0.05, 0) is 34.8 Å². The maximum absolute atomic E-state index is 5.45. The van der Waals surface area contributed by atoms with E-state index in [2.05, 4.69) is 51.2 Å². The molecule has 0 atom stereocenters. The molecule has 1 aromatic carbocycles. The molecule has 1 saturated heterocycles. The third-order valence-electron chi connectivity index (χ3n) is 5.17. The molecule has 2 aliphatic heterocycles. The summed E-state index contributed by atoms with van der Waals surface area (Å²) >= 11 is 0. The van der Waals surface area contributed by atoms with Crippen LogP contribution in [0.5, 0.6) is 0 Å². The van der Waals surface area contributed by atoms with Crippen molar-refractivity contribution in [2.24, 2.45) is 0 Å². The van der Waals surface area contributed by atoms with E-state index in [-0.39, 0.29) is 0 Å². The molecule has 4 nitrogen and oxygen atoms in total. The predicted octanol–water partition coefficient (Wildman–Crippen LogP) is 3.20. The van der Waals surface area contributed by atoms with E-state index in [0.717, 1.165) is 58.9 Å². The minimum atomic E-state index is 0.858. The van der Waals surface area contributed by atoms with Gasteiger partial charge in [-0.15, -0.1) is 0 Å². The smallest absolute Gasteiger partial charge is 0.0594 e. The van der Waals surface area contributed by atoms with Gasteiger partial charge in [-0.3, -0.25) is 14.8 Å². The van der Waals surface area contributed by atoms with Crippen LogP contribution >= 0.6 is 0 Å². The molecule has 0 amide bonds. The van der Waals surface area contributed by atoms with Gasteiger partial charge < -0.3 is 4.74 Å². The molecule has 0 radical (unpaired) electrons. The minimum absolute atomic E-state index is 0.858.